The number of nitrogens with one attached hydrogen (secondary N) is 1. The standard InChI is InChI=1S/C20H37N5/c1-5-10-20(4)11-9-15-25(17-20)19(21-6-2)23-12-7-8-14-24-16-13-22-18(24)3/h13,16H,5-12,14-15,17H2,1-4H3,(H,21,23). The molecule has 5 nitrogen and oxygen atoms in total. The maximum atomic E-state index is 4.91. The van der Waals surface area contributed by atoms with E-state index in [-0.39, 0.29) is 0 Å². The third kappa shape index (κ3) is 6.05. The fourth-order valence-electron chi connectivity index (χ4n) is 3.95. The van der Waals surface area contributed by atoms with E-state index >= 15 is 0 Å². The van der Waals surface area contributed by atoms with Crippen molar-refractivity contribution in [1.29, 1.82) is 0 Å². The Morgan fingerprint density at radius 1 is 1.36 bits per heavy atom. The van der Waals surface area contributed by atoms with Crippen LogP contribution in [0.3, 0.4) is 0 Å². The van der Waals surface area contributed by atoms with Crippen molar-refractivity contribution < 1.29 is 0 Å². The van der Waals surface area contributed by atoms with Crippen LogP contribution in [-0.2, 0) is 6.54 Å². The SMILES string of the molecule is CCCC1(C)CCCN(C(=NCCCCn2ccnc2C)NCC)C1. The summed E-state index contributed by atoms with van der Waals surface area (Å²) in [6, 6.07) is 0. The maximum Gasteiger partial charge on any atom is 0.193 e. The van der Waals surface area contributed by atoms with Gasteiger partial charge in [0.1, 0.15) is 5.82 Å². The molecule has 1 unspecified atom stereocenters. The van der Waals surface area contributed by atoms with E-state index in [2.05, 4.69) is 53.7 Å². The number of aryl methyl sites for hydroxylation is 2. The second kappa shape index (κ2) is 9.83. The minimum Gasteiger partial charge on any atom is -0.357 e. The van der Waals surface area contributed by atoms with Crippen molar-refractivity contribution in [2.45, 2.75) is 72.8 Å². The number of piperidine rings is 1. The van der Waals surface area contributed by atoms with Crippen molar-refractivity contribution in [1.82, 2.24) is 19.8 Å². The van der Waals surface area contributed by atoms with Gasteiger partial charge in [0.05, 0.1) is 0 Å². The Bertz CT molecular complexity index is 532. The Hall–Kier alpha value is -1.52. The van der Waals surface area contributed by atoms with Crippen LogP contribution < -0.4 is 5.32 Å². The predicted molar refractivity (Wildman–Crippen MR) is 106 cm³/mol. The van der Waals surface area contributed by atoms with Gasteiger partial charge in [-0.1, -0.05) is 20.3 Å². The van der Waals surface area contributed by atoms with E-state index in [1.165, 1.54) is 25.7 Å². The van der Waals surface area contributed by atoms with Crippen LogP contribution in [0.5, 0.6) is 0 Å². The number of hydrogen-bond acceptors (Lipinski definition) is 2. The van der Waals surface area contributed by atoms with Gasteiger partial charge >= 0.3 is 0 Å². The number of rotatable bonds is 8. The number of aromatic nitrogens is 2. The molecule has 1 aromatic heterocycles. The summed E-state index contributed by atoms with van der Waals surface area (Å²) in [5, 5.41) is 3.51. The molecular weight excluding hydrogens is 310 g/mol. The topological polar surface area (TPSA) is 45.5 Å². The number of unbranched alkanes of at least 4 members (excludes halogenated alkanes) is 1. The highest BCUT2D eigenvalue weighted by Crippen LogP contribution is 2.33. The van der Waals surface area contributed by atoms with E-state index in [9.17, 15) is 0 Å². The fourth-order valence-corrected chi connectivity index (χ4v) is 3.95. The molecule has 142 valence electrons. The lowest BCUT2D eigenvalue weighted by molar-refractivity contribution is 0.142. The van der Waals surface area contributed by atoms with Gasteiger partial charge in [-0.05, 0) is 51.4 Å². The first-order valence-corrected chi connectivity index (χ1v) is 10.1. The van der Waals surface area contributed by atoms with E-state index in [4.69, 9.17) is 4.99 Å². The average molecular weight is 348 g/mol. The van der Waals surface area contributed by atoms with Crippen molar-refractivity contribution in [3.8, 4) is 0 Å². The van der Waals surface area contributed by atoms with E-state index in [1.807, 2.05) is 6.20 Å². The minimum absolute atomic E-state index is 0.447. The molecule has 1 saturated heterocycles. The number of likely N-dealkylation sites (tertiary alicyclic amines) is 1. The van der Waals surface area contributed by atoms with Crippen LogP contribution in [0.25, 0.3) is 0 Å². The molecule has 1 aromatic rings. The average Bonchev–Trinajstić information content (AvgIpc) is 2.98. The molecule has 0 aromatic carbocycles. The summed E-state index contributed by atoms with van der Waals surface area (Å²) >= 11 is 0. The maximum absolute atomic E-state index is 4.91. The van der Waals surface area contributed by atoms with Crippen molar-refractivity contribution in [2.24, 2.45) is 10.4 Å². The molecule has 0 bridgehead atoms. The van der Waals surface area contributed by atoms with E-state index < -0.39 is 0 Å². The molecule has 0 amide bonds. The monoisotopic (exact) mass is 347 g/mol. The zero-order chi connectivity index (χ0) is 18.1. The quantitative estimate of drug-likeness (QED) is 0.441. The zero-order valence-corrected chi connectivity index (χ0v) is 16.7. The summed E-state index contributed by atoms with van der Waals surface area (Å²) in [5.74, 6) is 2.21. The van der Waals surface area contributed by atoms with Gasteiger partial charge < -0.3 is 14.8 Å². The van der Waals surface area contributed by atoms with E-state index in [0.717, 1.165) is 57.3 Å². The summed E-state index contributed by atoms with van der Waals surface area (Å²) in [6.07, 6.45) is 11.4. The fraction of sp³-hybridized carbons (Fsp3) is 0.800. The summed E-state index contributed by atoms with van der Waals surface area (Å²) in [6.45, 7) is 14.1. The van der Waals surface area contributed by atoms with Gasteiger partial charge in [-0.15, -0.1) is 0 Å². The van der Waals surface area contributed by atoms with Crippen LogP contribution >= 0.6 is 0 Å². The molecule has 2 heterocycles. The van der Waals surface area contributed by atoms with E-state index in [0.29, 0.717) is 5.41 Å². The Kier molecular flexibility index (Phi) is 7.79. The second-order valence-electron chi connectivity index (χ2n) is 7.70. The highest BCUT2D eigenvalue weighted by Gasteiger charge is 2.31. The van der Waals surface area contributed by atoms with Crippen LogP contribution in [-0.4, -0.2) is 46.6 Å². The summed E-state index contributed by atoms with van der Waals surface area (Å²) in [4.78, 5) is 11.7. The van der Waals surface area contributed by atoms with Crippen LogP contribution in [0.15, 0.2) is 17.4 Å². The Labute approximate surface area is 153 Å². The third-order valence-corrected chi connectivity index (χ3v) is 5.26. The molecule has 0 saturated carbocycles. The lowest BCUT2D eigenvalue weighted by Crippen LogP contribution is -2.49. The molecular formula is C20H37N5. The largest absolute Gasteiger partial charge is 0.357 e. The lowest BCUT2D eigenvalue weighted by atomic mass is 9.78. The first-order chi connectivity index (χ1) is 12.1. The van der Waals surface area contributed by atoms with Gasteiger partial charge in [0.15, 0.2) is 5.96 Å². The van der Waals surface area contributed by atoms with E-state index in [1.54, 1.807) is 0 Å². The van der Waals surface area contributed by atoms with Gasteiger partial charge in [-0.25, -0.2) is 4.98 Å². The van der Waals surface area contributed by atoms with Gasteiger partial charge in [-0.2, -0.15) is 0 Å². The van der Waals surface area contributed by atoms with Crippen LogP contribution in [0.1, 0.15) is 65.1 Å². The zero-order valence-electron chi connectivity index (χ0n) is 16.7. The lowest BCUT2D eigenvalue weighted by Gasteiger charge is -2.42. The summed E-state index contributed by atoms with van der Waals surface area (Å²) < 4.78 is 2.22. The van der Waals surface area contributed by atoms with Crippen LogP contribution in [0.4, 0.5) is 0 Å². The normalized spacial score (nSPS) is 21.6. The Morgan fingerprint density at radius 2 is 2.20 bits per heavy atom. The van der Waals surface area contributed by atoms with Crippen molar-refractivity contribution in [3.05, 3.63) is 18.2 Å². The number of imidazole rings is 1. The summed E-state index contributed by atoms with van der Waals surface area (Å²) in [7, 11) is 0. The molecule has 0 spiro atoms. The van der Waals surface area contributed by atoms with Gasteiger partial charge in [0, 0.05) is 45.1 Å². The number of nitrogens with zero attached hydrogens (tertiary/aromatic N) is 4. The predicted octanol–water partition coefficient (Wildman–Crippen LogP) is 3.84. The molecule has 1 aliphatic heterocycles. The van der Waals surface area contributed by atoms with Gasteiger partial charge in [0.2, 0.25) is 0 Å². The van der Waals surface area contributed by atoms with Crippen molar-refractivity contribution >= 4 is 5.96 Å². The van der Waals surface area contributed by atoms with Gasteiger partial charge in [0.25, 0.3) is 0 Å². The number of guanidine groups is 1. The third-order valence-electron chi connectivity index (χ3n) is 5.26. The van der Waals surface area contributed by atoms with Crippen molar-refractivity contribution in [3.63, 3.8) is 0 Å². The highest BCUT2D eigenvalue weighted by molar-refractivity contribution is 5.80. The smallest absolute Gasteiger partial charge is 0.193 e. The number of aliphatic imine (C=N–C) groups is 1. The molecule has 25 heavy (non-hydrogen) atoms. The molecule has 1 N–H and O–H groups in total. The molecule has 1 atom stereocenters. The first-order valence-electron chi connectivity index (χ1n) is 10.1. The minimum atomic E-state index is 0.447. The van der Waals surface area contributed by atoms with Crippen molar-refractivity contribution in [2.75, 3.05) is 26.2 Å². The van der Waals surface area contributed by atoms with Crippen LogP contribution in [0.2, 0.25) is 0 Å². The molecule has 2 rings (SSSR count). The number of hydrogen-bond donors (Lipinski definition) is 1. The Morgan fingerprint density at radius 3 is 2.88 bits per heavy atom. The first kappa shape index (κ1) is 19.8. The second-order valence-corrected chi connectivity index (χ2v) is 7.70. The highest BCUT2D eigenvalue weighted by atomic mass is 15.3. The van der Waals surface area contributed by atoms with Gasteiger partial charge in [-0.3, -0.25) is 4.99 Å². The summed E-state index contributed by atoms with van der Waals surface area (Å²) in [5.41, 5.74) is 0.447. The Balaban J connectivity index is 1.84. The molecule has 1 aliphatic rings. The molecule has 0 aliphatic carbocycles. The molecule has 0 radical (unpaired) electrons. The molecule has 5 heteroatoms. The molecule has 1 fully saturated rings. The van der Waals surface area contributed by atoms with Crippen LogP contribution in [0, 0.1) is 12.3 Å².